The third kappa shape index (κ3) is 10.5. The summed E-state index contributed by atoms with van der Waals surface area (Å²) in [6, 6.07) is -1.98. The summed E-state index contributed by atoms with van der Waals surface area (Å²) in [5.74, 6) is -0.173. The first-order valence-electron chi connectivity index (χ1n) is 4.18. The average Bonchev–Trinajstić information content (AvgIpc) is 1.97. The number of hydrogen-bond acceptors (Lipinski definition) is 2. The summed E-state index contributed by atoms with van der Waals surface area (Å²) >= 11 is 16.9. The van der Waals surface area contributed by atoms with Crippen LogP contribution in [-0.4, -0.2) is 18.6 Å². The minimum Gasteiger partial charge on any atom is -0.466 e. The topological polar surface area (TPSA) is 26.3 Å². The van der Waals surface area contributed by atoms with Crippen LogP contribution in [-0.2, 0) is 9.53 Å². The maximum Gasteiger partial charge on any atom is 0.341 e. The molecule has 0 saturated carbocycles. The largest absolute Gasteiger partial charge is 0.466 e. The average molecular weight is 264 g/mol. The molecule has 0 aliphatic carbocycles. The molecule has 2 nitrogen and oxygen atoms in total. The minimum absolute atomic E-state index is 0.173. The molecule has 0 amide bonds. The highest BCUT2D eigenvalue weighted by atomic mass is 35.8. The second-order valence-electron chi connectivity index (χ2n) is 2.69. The van der Waals surface area contributed by atoms with Gasteiger partial charge in [0, 0.05) is 6.42 Å². The number of carbonyl (C=O) groups is 1. The maximum absolute atomic E-state index is 10.9. The Morgan fingerprint density at radius 2 is 2.00 bits per heavy atom. The fourth-order valence-corrected chi connectivity index (χ4v) is 2.48. The quantitative estimate of drug-likeness (QED) is 0.318. The molecule has 0 bridgehead atoms. The molecule has 0 aromatic rings. The molecule has 6 heteroatoms. The molecule has 0 atom stereocenters. The molecule has 0 rings (SSSR count). The lowest BCUT2D eigenvalue weighted by Crippen LogP contribution is -2.11. The van der Waals surface area contributed by atoms with E-state index in [9.17, 15) is 4.79 Å². The van der Waals surface area contributed by atoms with E-state index in [-0.39, 0.29) is 5.97 Å². The Labute approximate surface area is 93.6 Å². The van der Waals surface area contributed by atoms with Crippen LogP contribution in [0.5, 0.6) is 0 Å². The zero-order valence-electron chi connectivity index (χ0n) is 7.49. The maximum atomic E-state index is 10.9. The second-order valence-corrected chi connectivity index (χ2v) is 12.0. The number of hydrogen-bond donors (Lipinski definition) is 0. The van der Waals surface area contributed by atoms with E-state index in [1.54, 1.807) is 0 Å². The fourth-order valence-electron chi connectivity index (χ4n) is 0.735. The van der Waals surface area contributed by atoms with Crippen LogP contribution in [0.2, 0.25) is 6.04 Å². The van der Waals surface area contributed by atoms with Gasteiger partial charge in [-0.25, -0.2) is 0 Å². The first-order valence-corrected chi connectivity index (χ1v) is 9.42. The zero-order valence-corrected chi connectivity index (χ0v) is 10.8. The first-order chi connectivity index (χ1) is 5.95. The van der Waals surface area contributed by atoms with Crippen LogP contribution in [0.1, 0.15) is 26.2 Å². The molecule has 0 heterocycles. The Hall–Kier alpha value is 0.557. The Kier molecular flexibility index (Phi) is 7.23. The molecule has 0 radical (unpaired) electrons. The fraction of sp³-hybridized carbons (Fsp3) is 0.857. The summed E-state index contributed by atoms with van der Waals surface area (Å²) in [7, 11) is 0. The number of esters is 1. The number of ether oxygens (including phenoxy) is 1. The summed E-state index contributed by atoms with van der Waals surface area (Å²) in [5, 5.41) is 0. The highest BCUT2D eigenvalue weighted by Gasteiger charge is 2.23. The third-order valence-corrected chi connectivity index (χ3v) is 3.94. The van der Waals surface area contributed by atoms with Gasteiger partial charge < -0.3 is 4.74 Å². The number of carbonyl (C=O) groups excluding carboxylic acids is 1. The lowest BCUT2D eigenvalue weighted by Gasteiger charge is -2.07. The molecular weight excluding hydrogens is 251 g/mol. The van der Waals surface area contributed by atoms with Gasteiger partial charge in [-0.3, -0.25) is 4.79 Å². The molecule has 0 aliphatic rings. The smallest absolute Gasteiger partial charge is 0.341 e. The van der Waals surface area contributed by atoms with Gasteiger partial charge in [-0.1, -0.05) is 6.92 Å². The molecule has 78 valence electrons. The van der Waals surface area contributed by atoms with Gasteiger partial charge in [-0.2, -0.15) is 0 Å². The van der Waals surface area contributed by atoms with E-state index >= 15 is 0 Å². The molecule has 0 unspecified atom stereocenters. The molecule has 0 fully saturated rings. The van der Waals surface area contributed by atoms with Gasteiger partial charge in [-0.15, -0.1) is 33.2 Å². The number of rotatable bonds is 6. The van der Waals surface area contributed by atoms with E-state index in [0.717, 1.165) is 6.42 Å². The summed E-state index contributed by atoms with van der Waals surface area (Å²) in [4.78, 5) is 10.9. The summed E-state index contributed by atoms with van der Waals surface area (Å²) in [6.07, 6.45) is 1.90. The van der Waals surface area contributed by atoms with Crippen molar-refractivity contribution in [2.24, 2.45) is 0 Å². The van der Waals surface area contributed by atoms with Crippen molar-refractivity contribution in [3.05, 3.63) is 0 Å². The highest BCUT2D eigenvalue weighted by molar-refractivity contribution is 7.64. The number of halogens is 3. The summed E-state index contributed by atoms with van der Waals surface area (Å²) < 4.78 is 4.89. The van der Waals surface area contributed by atoms with Crippen LogP contribution in [0.3, 0.4) is 0 Å². The summed E-state index contributed by atoms with van der Waals surface area (Å²) in [6.45, 7) is 2.29. The molecule has 0 aromatic heterocycles. The Bertz CT molecular complexity index is 158. The standard InChI is InChI=1S/C7H13Cl3O2Si/c1-2-4-7(11)12-5-3-6-13(8,9)10/h2-6H2,1H3. The SMILES string of the molecule is CCCC(=O)OCCC[Si](Cl)(Cl)Cl. The van der Waals surface area contributed by atoms with Crippen molar-refractivity contribution in [2.75, 3.05) is 6.61 Å². The molecule has 0 saturated heterocycles. The predicted octanol–water partition coefficient (Wildman–Crippen LogP) is 3.38. The monoisotopic (exact) mass is 262 g/mol. The van der Waals surface area contributed by atoms with Gasteiger partial charge in [-0.05, 0) is 18.9 Å². The van der Waals surface area contributed by atoms with E-state index in [2.05, 4.69) is 0 Å². The van der Waals surface area contributed by atoms with E-state index in [4.69, 9.17) is 38.0 Å². The molecule has 0 aromatic carbocycles. The van der Waals surface area contributed by atoms with E-state index < -0.39 is 6.00 Å². The molecule has 0 spiro atoms. The predicted molar refractivity (Wildman–Crippen MR) is 58.6 cm³/mol. The van der Waals surface area contributed by atoms with Crippen molar-refractivity contribution in [2.45, 2.75) is 32.2 Å². The van der Waals surface area contributed by atoms with Gasteiger partial charge in [0.15, 0.2) is 0 Å². The van der Waals surface area contributed by atoms with Gasteiger partial charge in [0.05, 0.1) is 6.61 Å². The van der Waals surface area contributed by atoms with Crippen molar-refractivity contribution in [1.82, 2.24) is 0 Å². The Balaban J connectivity index is 3.31. The van der Waals surface area contributed by atoms with Gasteiger partial charge in [0.2, 0.25) is 0 Å². The highest BCUT2D eigenvalue weighted by Crippen LogP contribution is 2.26. The van der Waals surface area contributed by atoms with Crippen LogP contribution in [0, 0.1) is 0 Å². The normalized spacial score (nSPS) is 11.4. The van der Waals surface area contributed by atoms with E-state index in [0.29, 0.717) is 25.5 Å². The molecule has 13 heavy (non-hydrogen) atoms. The molecular formula is C7H13Cl3O2Si. The lowest BCUT2D eigenvalue weighted by molar-refractivity contribution is -0.143. The van der Waals surface area contributed by atoms with Crippen molar-refractivity contribution < 1.29 is 9.53 Å². The van der Waals surface area contributed by atoms with Crippen molar-refractivity contribution in [1.29, 1.82) is 0 Å². The van der Waals surface area contributed by atoms with Crippen LogP contribution in [0.25, 0.3) is 0 Å². The van der Waals surface area contributed by atoms with E-state index in [1.165, 1.54) is 0 Å². The third-order valence-electron chi connectivity index (χ3n) is 1.32. The first kappa shape index (κ1) is 13.6. The van der Waals surface area contributed by atoms with Gasteiger partial charge in [0.25, 0.3) is 0 Å². The Morgan fingerprint density at radius 3 is 2.46 bits per heavy atom. The lowest BCUT2D eigenvalue weighted by atomic mass is 10.3. The van der Waals surface area contributed by atoms with Crippen molar-refractivity contribution in [3.8, 4) is 0 Å². The van der Waals surface area contributed by atoms with Crippen molar-refractivity contribution in [3.63, 3.8) is 0 Å². The summed E-state index contributed by atoms with van der Waals surface area (Å²) in [5.41, 5.74) is 0. The van der Waals surface area contributed by atoms with Crippen LogP contribution < -0.4 is 0 Å². The van der Waals surface area contributed by atoms with Gasteiger partial charge >= 0.3 is 12.0 Å². The second kappa shape index (κ2) is 6.93. The van der Waals surface area contributed by atoms with Crippen LogP contribution >= 0.6 is 33.2 Å². The van der Waals surface area contributed by atoms with E-state index in [1.807, 2.05) is 6.92 Å². The van der Waals surface area contributed by atoms with Crippen molar-refractivity contribution >= 4 is 45.2 Å². The zero-order chi connectivity index (χ0) is 10.3. The van der Waals surface area contributed by atoms with Crippen LogP contribution in [0.15, 0.2) is 0 Å². The minimum atomic E-state index is -2.52. The van der Waals surface area contributed by atoms with Crippen LogP contribution in [0.4, 0.5) is 0 Å². The van der Waals surface area contributed by atoms with Gasteiger partial charge in [0.1, 0.15) is 0 Å². The molecule has 0 aliphatic heterocycles. The Morgan fingerprint density at radius 1 is 1.38 bits per heavy atom. The molecule has 0 N–H and O–H groups in total.